The highest BCUT2D eigenvalue weighted by atomic mass is 16.5. The van der Waals surface area contributed by atoms with E-state index >= 15 is 0 Å². The number of ether oxygens (including phenoxy) is 1. The Balaban J connectivity index is 1.93. The molecule has 0 aromatic heterocycles. The topological polar surface area (TPSA) is 73.2 Å². The molecule has 0 radical (unpaired) electrons. The molecule has 0 heterocycles. The number of hydrogen-bond acceptors (Lipinski definition) is 5. The van der Waals surface area contributed by atoms with E-state index in [2.05, 4.69) is 0 Å². The quantitative estimate of drug-likeness (QED) is 0.303. The van der Waals surface area contributed by atoms with E-state index in [1.807, 2.05) is 75.1 Å². The molecule has 4 aromatic carbocycles. The zero-order chi connectivity index (χ0) is 23.7. The van der Waals surface area contributed by atoms with Gasteiger partial charge >= 0.3 is 0 Å². The third-order valence-corrected chi connectivity index (χ3v) is 5.58. The van der Waals surface area contributed by atoms with E-state index in [4.69, 9.17) is 4.74 Å². The first-order valence-electron chi connectivity index (χ1n) is 10.7. The van der Waals surface area contributed by atoms with Crippen molar-refractivity contribution >= 4 is 17.1 Å². The Morgan fingerprint density at radius 3 is 1.82 bits per heavy atom. The molecule has 168 valence electrons. The zero-order valence-electron chi connectivity index (χ0n) is 19.1. The number of nitrogens with zero attached hydrogens (tertiary/aromatic N) is 1. The lowest BCUT2D eigenvalue weighted by molar-refractivity contribution is 0.409. The van der Waals surface area contributed by atoms with Gasteiger partial charge < -0.3 is 25.0 Å². The molecule has 0 saturated heterocycles. The first kappa shape index (κ1) is 22.1. The summed E-state index contributed by atoms with van der Waals surface area (Å²) in [7, 11) is 0. The van der Waals surface area contributed by atoms with E-state index in [1.165, 1.54) is 0 Å². The van der Waals surface area contributed by atoms with E-state index in [9.17, 15) is 15.3 Å². The van der Waals surface area contributed by atoms with Gasteiger partial charge in [0.1, 0.15) is 11.5 Å². The molecule has 0 aliphatic rings. The highest BCUT2D eigenvalue weighted by Crippen LogP contribution is 2.45. The van der Waals surface area contributed by atoms with Crippen LogP contribution in [0.3, 0.4) is 0 Å². The maximum absolute atomic E-state index is 10.5. The number of phenolic OH excluding ortho intramolecular Hbond substituents is 3. The molecule has 0 fully saturated rings. The van der Waals surface area contributed by atoms with Crippen LogP contribution in [0.2, 0.25) is 0 Å². The summed E-state index contributed by atoms with van der Waals surface area (Å²) in [4.78, 5) is 1.91. The second kappa shape index (κ2) is 8.79. The molecular weight excluding hydrogens is 414 g/mol. The van der Waals surface area contributed by atoms with Crippen molar-refractivity contribution in [1.82, 2.24) is 0 Å². The summed E-state index contributed by atoms with van der Waals surface area (Å²) < 4.78 is 6.28. The third kappa shape index (κ3) is 4.58. The van der Waals surface area contributed by atoms with Crippen molar-refractivity contribution < 1.29 is 20.1 Å². The summed E-state index contributed by atoms with van der Waals surface area (Å²) in [5.41, 5.74) is 5.72. The molecule has 0 unspecified atom stereocenters. The number of para-hydroxylation sites is 2. The van der Waals surface area contributed by atoms with Crippen LogP contribution in [-0.4, -0.2) is 15.3 Å². The highest BCUT2D eigenvalue weighted by Gasteiger charge is 2.20. The predicted octanol–water partition coefficient (Wildman–Crippen LogP) is 7.30. The Morgan fingerprint density at radius 2 is 1.24 bits per heavy atom. The van der Waals surface area contributed by atoms with Gasteiger partial charge in [0.05, 0.1) is 17.1 Å². The molecule has 4 aromatic rings. The molecule has 33 heavy (non-hydrogen) atoms. The lowest BCUT2D eigenvalue weighted by Gasteiger charge is -2.28. The summed E-state index contributed by atoms with van der Waals surface area (Å²) in [5.74, 6) is 1.24. The molecule has 4 rings (SSSR count). The fourth-order valence-electron chi connectivity index (χ4n) is 3.91. The van der Waals surface area contributed by atoms with Crippen LogP contribution in [0.25, 0.3) is 0 Å². The molecule has 0 aliphatic carbocycles. The number of aryl methyl sites for hydroxylation is 3. The number of anilines is 3. The average Bonchev–Trinajstić information content (AvgIpc) is 2.74. The van der Waals surface area contributed by atoms with Crippen molar-refractivity contribution in [3.05, 3.63) is 95.1 Å². The molecule has 3 N–H and O–H groups in total. The molecular formula is C28H27NO4. The van der Waals surface area contributed by atoms with Crippen molar-refractivity contribution in [3.63, 3.8) is 0 Å². The lowest BCUT2D eigenvalue weighted by atomic mass is 10.1. The number of benzene rings is 4. The van der Waals surface area contributed by atoms with Gasteiger partial charge in [0.2, 0.25) is 0 Å². The maximum atomic E-state index is 10.5. The van der Waals surface area contributed by atoms with Gasteiger partial charge in [-0.2, -0.15) is 0 Å². The van der Waals surface area contributed by atoms with Gasteiger partial charge in [0.25, 0.3) is 0 Å². The summed E-state index contributed by atoms with van der Waals surface area (Å²) in [6.45, 7) is 7.68. The minimum atomic E-state index is 0.0563. The monoisotopic (exact) mass is 441 g/mol. The van der Waals surface area contributed by atoms with Crippen LogP contribution in [0.5, 0.6) is 28.7 Å². The molecule has 0 bridgehead atoms. The first-order chi connectivity index (χ1) is 15.7. The van der Waals surface area contributed by atoms with Gasteiger partial charge in [-0.15, -0.1) is 0 Å². The second-order valence-corrected chi connectivity index (χ2v) is 8.31. The maximum Gasteiger partial charge on any atom is 0.172 e. The summed E-state index contributed by atoms with van der Waals surface area (Å²) in [6.07, 6.45) is 0. The Hall–Kier alpha value is -4.12. The zero-order valence-corrected chi connectivity index (χ0v) is 19.1. The van der Waals surface area contributed by atoms with Gasteiger partial charge in [-0.1, -0.05) is 18.2 Å². The van der Waals surface area contributed by atoms with Crippen molar-refractivity contribution in [2.24, 2.45) is 0 Å². The van der Waals surface area contributed by atoms with Crippen LogP contribution < -0.4 is 9.64 Å². The number of hydrogen-bond donors (Lipinski definition) is 3. The Morgan fingerprint density at radius 1 is 0.667 bits per heavy atom. The summed E-state index contributed by atoms with van der Waals surface area (Å²) in [6, 6.07) is 21.6. The minimum absolute atomic E-state index is 0.0563. The van der Waals surface area contributed by atoms with Crippen LogP contribution >= 0.6 is 0 Å². The molecule has 5 heteroatoms. The Bertz CT molecular complexity index is 1240. The Labute approximate surface area is 193 Å². The number of rotatable bonds is 5. The van der Waals surface area contributed by atoms with E-state index in [-0.39, 0.29) is 17.2 Å². The van der Waals surface area contributed by atoms with E-state index in [0.717, 1.165) is 22.3 Å². The minimum Gasteiger partial charge on any atom is -0.508 e. The number of phenols is 3. The highest BCUT2D eigenvalue weighted by molar-refractivity contribution is 5.82. The average molecular weight is 442 g/mol. The van der Waals surface area contributed by atoms with Crippen molar-refractivity contribution in [2.45, 2.75) is 27.7 Å². The molecule has 0 atom stereocenters. The van der Waals surface area contributed by atoms with Crippen LogP contribution in [0.1, 0.15) is 22.3 Å². The van der Waals surface area contributed by atoms with Gasteiger partial charge in [-0.05, 0) is 92.4 Å². The van der Waals surface area contributed by atoms with E-state index in [1.54, 1.807) is 30.3 Å². The lowest BCUT2D eigenvalue weighted by Crippen LogP contribution is -2.11. The van der Waals surface area contributed by atoms with Crippen LogP contribution in [0, 0.1) is 27.7 Å². The standard InChI is InChI=1S/C28H27NO4/c1-17-11-21(15-23(30)13-17)29(22-12-18(2)14-24(31)16-22)25-7-5-6-8-27(25)33-28-20(4)19(3)9-10-26(28)32/h5-16,30-32H,1-4H3. The van der Waals surface area contributed by atoms with Crippen molar-refractivity contribution in [2.75, 3.05) is 4.90 Å². The normalized spacial score (nSPS) is 10.8. The molecule has 0 saturated carbocycles. The van der Waals surface area contributed by atoms with Crippen LogP contribution in [-0.2, 0) is 0 Å². The number of aromatic hydroxyl groups is 3. The van der Waals surface area contributed by atoms with Crippen molar-refractivity contribution in [1.29, 1.82) is 0 Å². The third-order valence-electron chi connectivity index (χ3n) is 5.58. The molecule has 5 nitrogen and oxygen atoms in total. The largest absolute Gasteiger partial charge is 0.508 e. The SMILES string of the molecule is Cc1cc(O)cc(N(c2cc(C)cc(O)c2)c2ccccc2Oc2c(O)ccc(C)c2C)c1. The van der Waals surface area contributed by atoms with Crippen LogP contribution in [0.4, 0.5) is 17.1 Å². The fourth-order valence-corrected chi connectivity index (χ4v) is 3.91. The Kier molecular flexibility index (Phi) is 5.88. The van der Waals surface area contributed by atoms with Gasteiger partial charge in [-0.25, -0.2) is 0 Å². The van der Waals surface area contributed by atoms with E-state index in [0.29, 0.717) is 28.6 Å². The second-order valence-electron chi connectivity index (χ2n) is 8.31. The van der Waals surface area contributed by atoms with Crippen LogP contribution in [0.15, 0.2) is 72.8 Å². The van der Waals surface area contributed by atoms with Gasteiger partial charge in [0.15, 0.2) is 17.2 Å². The molecule has 0 aliphatic heterocycles. The summed E-state index contributed by atoms with van der Waals surface area (Å²) in [5, 5.41) is 31.1. The molecule has 0 spiro atoms. The van der Waals surface area contributed by atoms with Gasteiger partial charge in [0, 0.05) is 12.1 Å². The van der Waals surface area contributed by atoms with Crippen molar-refractivity contribution in [3.8, 4) is 28.7 Å². The van der Waals surface area contributed by atoms with E-state index < -0.39 is 0 Å². The fraction of sp³-hybridized carbons (Fsp3) is 0.143. The predicted molar refractivity (Wildman–Crippen MR) is 132 cm³/mol. The summed E-state index contributed by atoms with van der Waals surface area (Å²) >= 11 is 0. The van der Waals surface area contributed by atoms with Gasteiger partial charge in [-0.3, -0.25) is 0 Å². The smallest absolute Gasteiger partial charge is 0.172 e. The first-order valence-corrected chi connectivity index (χ1v) is 10.7. The molecule has 0 amide bonds.